The zero-order chi connectivity index (χ0) is 15.1. The van der Waals surface area contributed by atoms with E-state index in [-0.39, 0.29) is 16.9 Å². The maximum Gasteiger partial charge on any atom is 0.297 e. The van der Waals surface area contributed by atoms with E-state index < -0.39 is 29.2 Å². The Labute approximate surface area is 119 Å². The summed E-state index contributed by atoms with van der Waals surface area (Å²) in [7, 11) is -9.15. The van der Waals surface area contributed by atoms with Crippen LogP contribution in [0.3, 0.4) is 0 Å². The van der Waals surface area contributed by atoms with Crippen LogP contribution in [0.4, 0.5) is 0 Å². The fourth-order valence-corrected chi connectivity index (χ4v) is 5.25. The highest BCUT2D eigenvalue weighted by atomic mass is 32.2. The third kappa shape index (κ3) is 2.69. The number of hydrogen-bond acceptors (Lipinski definition) is 6. The lowest BCUT2D eigenvalue weighted by molar-refractivity contribution is 0.476. The number of phenolic OH excluding ortho intramolecular Hbond substituents is 1. The maximum absolute atomic E-state index is 11.4. The van der Waals surface area contributed by atoms with Crippen LogP contribution in [-0.4, -0.2) is 26.5 Å². The number of benzene rings is 1. The van der Waals surface area contributed by atoms with Crippen LogP contribution < -0.4 is 5.14 Å². The number of hydrogen-bond donors (Lipinski definition) is 3. The van der Waals surface area contributed by atoms with Gasteiger partial charge >= 0.3 is 0 Å². The van der Waals surface area contributed by atoms with Crippen LogP contribution in [0.5, 0.6) is 5.75 Å². The van der Waals surface area contributed by atoms with Crippen molar-refractivity contribution in [2.24, 2.45) is 5.14 Å². The van der Waals surface area contributed by atoms with Crippen molar-refractivity contribution < 1.29 is 26.5 Å². The predicted molar refractivity (Wildman–Crippen MR) is 72.6 cm³/mol. The van der Waals surface area contributed by atoms with Gasteiger partial charge in [-0.2, -0.15) is 8.42 Å². The van der Waals surface area contributed by atoms with Gasteiger partial charge in [0.15, 0.2) is 4.21 Å². The van der Waals surface area contributed by atoms with Gasteiger partial charge in [-0.15, -0.1) is 11.3 Å². The molecule has 2 aromatic rings. The lowest BCUT2D eigenvalue weighted by Crippen LogP contribution is -2.14. The maximum atomic E-state index is 11.4. The molecule has 1 aromatic carbocycles. The zero-order valence-corrected chi connectivity index (χ0v) is 12.2. The molecule has 20 heavy (non-hydrogen) atoms. The summed E-state index contributed by atoms with van der Waals surface area (Å²) in [4.78, 5) is -0.827. The highest BCUT2D eigenvalue weighted by Gasteiger charge is 2.30. The number of thiophene rings is 1. The van der Waals surface area contributed by atoms with Crippen molar-refractivity contribution in [3.05, 3.63) is 29.6 Å². The topological polar surface area (TPSA) is 135 Å². The molecule has 4 N–H and O–H groups in total. The SMILES string of the molecule is NS(=O)(=O)c1scc(-c2ccccc2O)c1S(=O)(=O)O. The summed E-state index contributed by atoms with van der Waals surface area (Å²) in [6.45, 7) is 0. The standard InChI is InChI=1S/C10H9NO6S3/c11-19(13,14)10-9(20(15,16)17)7(5-18-10)6-3-1-2-4-8(6)12/h1-5,12H,(H2,11,13,14)(H,15,16,17). The molecule has 0 unspecified atom stereocenters. The molecule has 0 radical (unpaired) electrons. The van der Waals surface area contributed by atoms with Crippen molar-refractivity contribution in [2.75, 3.05) is 0 Å². The molecule has 0 spiro atoms. The van der Waals surface area contributed by atoms with Gasteiger partial charge in [0.25, 0.3) is 10.1 Å². The van der Waals surface area contributed by atoms with Crippen LogP contribution in [0.25, 0.3) is 11.1 Å². The molecule has 10 heteroatoms. The van der Waals surface area contributed by atoms with E-state index in [0.717, 1.165) is 0 Å². The highest BCUT2D eigenvalue weighted by Crippen LogP contribution is 2.40. The first-order valence-corrected chi connectivity index (χ1v) is 8.89. The second kappa shape index (κ2) is 4.82. The average Bonchev–Trinajstić information content (AvgIpc) is 2.73. The van der Waals surface area contributed by atoms with Crippen molar-refractivity contribution in [1.29, 1.82) is 0 Å². The summed E-state index contributed by atoms with van der Waals surface area (Å²) in [5.41, 5.74) is -0.0501. The van der Waals surface area contributed by atoms with Gasteiger partial charge in [0.05, 0.1) is 0 Å². The molecule has 0 aliphatic heterocycles. The number of phenols is 1. The van der Waals surface area contributed by atoms with Crippen molar-refractivity contribution in [1.82, 2.24) is 0 Å². The van der Waals surface area contributed by atoms with E-state index in [4.69, 9.17) is 5.14 Å². The van der Waals surface area contributed by atoms with Gasteiger partial charge in [0.2, 0.25) is 10.0 Å². The van der Waals surface area contributed by atoms with Gasteiger partial charge in [-0.25, -0.2) is 13.6 Å². The second-order valence-electron chi connectivity index (χ2n) is 3.80. The Bertz CT molecular complexity index is 866. The van der Waals surface area contributed by atoms with E-state index in [1.165, 1.54) is 29.6 Å². The van der Waals surface area contributed by atoms with E-state index in [1.54, 1.807) is 0 Å². The van der Waals surface area contributed by atoms with Crippen LogP contribution in [-0.2, 0) is 20.1 Å². The minimum atomic E-state index is -4.83. The van der Waals surface area contributed by atoms with Gasteiger partial charge < -0.3 is 5.11 Å². The minimum Gasteiger partial charge on any atom is -0.507 e. The summed E-state index contributed by atoms with van der Waals surface area (Å²) in [6.07, 6.45) is 0. The summed E-state index contributed by atoms with van der Waals surface area (Å²) in [5.74, 6) is -0.254. The second-order valence-corrected chi connectivity index (χ2v) is 7.80. The predicted octanol–water partition coefficient (Wildman–Crippen LogP) is 1.01. The summed E-state index contributed by atoms with van der Waals surface area (Å²) in [5, 5.41) is 15.8. The molecule has 1 aromatic heterocycles. The molecule has 7 nitrogen and oxygen atoms in total. The largest absolute Gasteiger partial charge is 0.507 e. The third-order valence-corrected chi connectivity index (χ3v) is 6.10. The zero-order valence-electron chi connectivity index (χ0n) is 9.72. The molecule has 0 aliphatic carbocycles. The van der Waals surface area contributed by atoms with Gasteiger partial charge in [-0.1, -0.05) is 18.2 Å². The Balaban J connectivity index is 2.88. The number of primary sulfonamides is 1. The van der Waals surface area contributed by atoms with Crippen LogP contribution in [0.1, 0.15) is 0 Å². The van der Waals surface area contributed by atoms with E-state index in [0.29, 0.717) is 11.3 Å². The van der Waals surface area contributed by atoms with E-state index in [9.17, 15) is 26.5 Å². The van der Waals surface area contributed by atoms with Gasteiger partial charge in [-0.05, 0) is 6.07 Å². The van der Waals surface area contributed by atoms with Gasteiger partial charge in [0, 0.05) is 16.5 Å². The minimum absolute atomic E-state index is 0.0753. The highest BCUT2D eigenvalue weighted by molar-refractivity contribution is 7.93. The first kappa shape index (κ1) is 14.9. The first-order valence-electron chi connectivity index (χ1n) is 5.02. The summed E-state index contributed by atoms with van der Waals surface area (Å²) < 4.78 is 54.2. The van der Waals surface area contributed by atoms with E-state index in [2.05, 4.69) is 0 Å². The normalized spacial score (nSPS) is 12.5. The number of sulfonamides is 1. The molecule has 0 saturated carbocycles. The van der Waals surface area contributed by atoms with Gasteiger partial charge in [0.1, 0.15) is 10.6 Å². The average molecular weight is 335 g/mol. The Morgan fingerprint density at radius 2 is 1.65 bits per heavy atom. The van der Waals surface area contributed by atoms with Crippen LogP contribution >= 0.6 is 11.3 Å². The lowest BCUT2D eigenvalue weighted by Gasteiger charge is -2.05. The van der Waals surface area contributed by atoms with Crippen molar-refractivity contribution in [2.45, 2.75) is 9.10 Å². The molecule has 0 saturated heterocycles. The molecule has 0 aliphatic rings. The Morgan fingerprint density at radius 1 is 1.05 bits per heavy atom. The lowest BCUT2D eigenvalue weighted by atomic mass is 10.1. The molecular weight excluding hydrogens is 326 g/mol. The summed E-state index contributed by atoms with van der Waals surface area (Å²) in [6, 6.07) is 5.73. The molecule has 1 heterocycles. The monoisotopic (exact) mass is 335 g/mol. The first-order chi connectivity index (χ1) is 9.12. The number of para-hydroxylation sites is 1. The van der Waals surface area contributed by atoms with Crippen molar-refractivity contribution in [3.8, 4) is 16.9 Å². The Kier molecular flexibility index (Phi) is 3.60. The third-order valence-electron chi connectivity index (χ3n) is 2.42. The quantitative estimate of drug-likeness (QED) is 0.717. The molecular formula is C10H9NO6S3. The number of nitrogens with two attached hydrogens (primary N) is 1. The number of aromatic hydroxyl groups is 1. The molecule has 108 valence electrons. The Morgan fingerprint density at radius 3 is 2.15 bits per heavy atom. The van der Waals surface area contributed by atoms with Crippen LogP contribution in [0, 0.1) is 0 Å². The van der Waals surface area contributed by atoms with Crippen LogP contribution in [0.2, 0.25) is 0 Å². The van der Waals surface area contributed by atoms with Crippen molar-refractivity contribution >= 4 is 31.5 Å². The fourth-order valence-electron chi connectivity index (χ4n) is 1.66. The molecule has 0 amide bonds. The molecule has 0 fully saturated rings. The van der Waals surface area contributed by atoms with Crippen LogP contribution in [0.15, 0.2) is 38.8 Å². The van der Waals surface area contributed by atoms with E-state index >= 15 is 0 Å². The fraction of sp³-hybridized carbons (Fsp3) is 0. The Hall–Kier alpha value is -1.46. The molecule has 0 atom stereocenters. The number of rotatable bonds is 3. The van der Waals surface area contributed by atoms with E-state index in [1.807, 2.05) is 0 Å². The molecule has 2 rings (SSSR count). The summed E-state index contributed by atoms with van der Waals surface area (Å²) >= 11 is 0.550. The van der Waals surface area contributed by atoms with Gasteiger partial charge in [-0.3, -0.25) is 4.55 Å². The molecule has 0 bridgehead atoms. The smallest absolute Gasteiger partial charge is 0.297 e. The van der Waals surface area contributed by atoms with Crippen molar-refractivity contribution in [3.63, 3.8) is 0 Å².